The number of oxazole rings is 1. The van der Waals surface area contributed by atoms with E-state index in [1.54, 1.807) is 13.0 Å². The number of methoxy groups -OCH3 is 1. The molecule has 0 saturated carbocycles. The fraction of sp³-hybridized carbons (Fsp3) is 0.182. The number of nitrogens with zero attached hydrogens (tertiary/aromatic N) is 1. The van der Waals surface area contributed by atoms with Crippen LogP contribution in [0.1, 0.15) is 5.89 Å². The largest absolute Gasteiger partial charge is 0.495 e. The third kappa shape index (κ3) is 2.49. The van der Waals surface area contributed by atoms with Gasteiger partial charge in [0, 0.05) is 23.2 Å². The number of ether oxygens (including phenoxy) is 1. The van der Waals surface area contributed by atoms with Gasteiger partial charge in [-0.3, -0.25) is 0 Å². The van der Waals surface area contributed by atoms with Crippen molar-refractivity contribution in [3.8, 4) is 17.0 Å². The molecule has 7 heteroatoms. The van der Waals surface area contributed by atoms with Crippen molar-refractivity contribution in [2.45, 2.75) is 11.8 Å². The van der Waals surface area contributed by atoms with E-state index < -0.39 is 9.05 Å². The molecule has 96 valence electrons. The van der Waals surface area contributed by atoms with E-state index in [1.165, 1.54) is 25.5 Å². The van der Waals surface area contributed by atoms with Gasteiger partial charge in [-0.15, -0.1) is 0 Å². The monoisotopic (exact) mass is 287 g/mol. The maximum atomic E-state index is 11.4. The summed E-state index contributed by atoms with van der Waals surface area (Å²) in [6, 6.07) is 4.61. The van der Waals surface area contributed by atoms with Crippen molar-refractivity contribution in [2.75, 3.05) is 7.11 Å². The van der Waals surface area contributed by atoms with Crippen LogP contribution in [0.2, 0.25) is 0 Å². The zero-order chi connectivity index (χ0) is 13.3. The number of hydrogen-bond donors (Lipinski definition) is 0. The molecule has 0 radical (unpaired) electrons. The fourth-order valence-electron chi connectivity index (χ4n) is 1.52. The van der Waals surface area contributed by atoms with Gasteiger partial charge < -0.3 is 9.15 Å². The van der Waals surface area contributed by atoms with Crippen molar-refractivity contribution in [3.05, 3.63) is 30.4 Å². The van der Waals surface area contributed by atoms with Gasteiger partial charge in [0.05, 0.1) is 7.11 Å². The van der Waals surface area contributed by atoms with Crippen molar-refractivity contribution in [3.63, 3.8) is 0 Å². The van der Waals surface area contributed by atoms with E-state index in [2.05, 4.69) is 4.98 Å². The highest BCUT2D eigenvalue weighted by molar-refractivity contribution is 8.13. The number of rotatable bonds is 3. The minimum Gasteiger partial charge on any atom is -0.495 e. The summed E-state index contributed by atoms with van der Waals surface area (Å²) in [5, 5.41) is 0. The number of halogens is 1. The van der Waals surface area contributed by atoms with Crippen LogP contribution >= 0.6 is 10.7 Å². The molecule has 0 amide bonds. The van der Waals surface area contributed by atoms with Gasteiger partial charge >= 0.3 is 0 Å². The molecule has 0 bridgehead atoms. The first-order valence-corrected chi connectivity index (χ1v) is 7.28. The van der Waals surface area contributed by atoms with Crippen LogP contribution < -0.4 is 4.74 Å². The molecule has 0 aliphatic heterocycles. The molecule has 5 nitrogen and oxygen atoms in total. The average molecular weight is 288 g/mol. The van der Waals surface area contributed by atoms with Crippen LogP contribution in [0.5, 0.6) is 5.75 Å². The zero-order valence-electron chi connectivity index (χ0n) is 9.68. The Hall–Kier alpha value is -1.53. The third-order valence-electron chi connectivity index (χ3n) is 2.34. The first kappa shape index (κ1) is 12.9. The minimum atomic E-state index is -3.88. The smallest absolute Gasteiger partial charge is 0.265 e. The highest BCUT2D eigenvalue weighted by Crippen LogP contribution is 2.31. The van der Waals surface area contributed by atoms with Gasteiger partial charge in [-0.2, -0.15) is 0 Å². The Kier molecular flexibility index (Phi) is 3.32. The lowest BCUT2D eigenvalue weighted by Crippen LogP contribution is -1.96. The molecule has 2 aromatic rings. The second kappa shape index (κ2) is 4.62. The Morgan fingerprint density at radius 2 is 2.11 bits per heavy atom. The summed E-state index contributed by atoms with van der Waals surface area (Å²) < 4.78 is 32.9. The van der Waals surface area contributed by atoms with Crippen LogP contribution in [0.15, 0.2) is 33.8 Å². The van der Waals surface area contributed by atoms with E-state index in [0.29, 0.717) is 17.1 Å². The van der Waals surface area contributed by atoms with Gasteiger partial charge in [-0.1, -0.05) is 0 Å². The Morgan fingerprint density at radius 1 is 1.39 bits per heavy atom. The van der Waals surface area contributed by atoms with E-state index in [-0.39, 0.29) is 10.6 Å². The molecule has 1 heterocycles. The van der Waals surface area contributed by atoms with E-state index in [4.69, 9.17) is 19.8 Å². The quantitative estimate of drug-likeness (QED) is 0.812. The molecular formula is C11H10ClNO4S. The standard InChI is InChI=1S/C11H10ClNO4S/c1-7-13-9(6-17-7)8-3-4-10(16-2)11(5-8)18(12,14)15/h3-6H,1-2H3. The molecule has 0 spiro atoms. The lowest BCUT2D eigenvalue weighted by Gasteiger charge is -2.06. The van der Waals surface area contributed by atoms with Gasteiger partial charge in [0.1, 0.15) is 22.6 Å². The molecule has 0 atom stereocenters. The first-order valence-electron chi connectivity index (χ1n) is 4.97. The molecule has 1 aromatic carbocycles. The van der Waals surface area contributed by atoms with Gasteiger partial charge in [-0.05, 0) is 18.2 Å². The lowest BCUT2D eigenvalue weighted by atomic mass is 10.1. The normalized spacial score (nSPS) is 11.5. The van der Waals surface area contributed by atoms with Gasteiger partial charge in [-0.25, -0.2) is 13.4 Å². The molecule has 0 fully saturated rings. The zero-order valence-corrected chi connectivity index (χ0v) is 11.2. The molecular weight excluding hydrogens is 278 g/mol. The maximum absolute atomic E-state index is 11.4. The van der Waals surface area contributed by atoms with Crippen LogP contribution in [-0.4, -0.2) is 20.5 Å². The van der Waals surface area contributed by atoms with E-state index in [9.17, 15) is 8.42 Å². The highest BCUT2D eigenvalue weighted by atomic mass is 35.7. The van der Waals surface area contributed by atoms with Gasteiger partial charge in [0.15, 0.2) is 5.89 Å². The van der Waals surface area contributed by atoms with Gasteiger partial charge in [0.2, 0.25) is 0 Å². The first-order chi connectivity index (χ1) is 8.41. The second-order valence-electron chi connectivity index (χ2n) is 3.56. The molecule has 0 saturated heterocycles. The van der Waals surface area contributed by atoms with Crippen molar-refractivity contribution in [2.24, 2.45) is 0 Å². The number of hydrogen-bond acceptors (Lipinski definition) is 5. The van der Waals surface area contributed by atoms with Crippen molar-refractivity contribution in [1.82, 2.24) is 4.98 Å². The summed E-state index contributed by atoms with van der Waals surface area (Å²) in [5.74, 6) is 0.685. The van der Waals surface area contributed by atoms with Crippen LogP contribution in [-0.2, 0) is 9.05 Å². The molecule has 1 aromatic heterocycles. The Labute approximate surface area is 109 Å². The summed E-state index contributed by atoms with van der Waals surface area (Å²) >= 11 is 0. The van der Waals surface area contributed by atoms with Crippen molar-refractivity contribution < 1.29 is 17.6 Å². The minimum absolute atomic E-state index is 0.0928. The predicted molar refractivity (Wildman–Crippen MR) is 66.3 cm³/mol. The summed E-state index contributed by atoms with van der Waals surface area (Å²) in [4.78, 5) is 4.02. The van der Waals surface area contributed by atoms with Crippen LogP contribution in [0.25, 0.3) is 11.3 Å². The summed E-state index contributed by atoms with van der Waals surface area (Å²) in [6.07, 6.45) is 1.45. The van der Waals surface area contributed by atoms with E-state index >= 15 is 0 Å². The number of aryl methyl sites for hydroxylation is 1. The predicted octanol–water partition coefficient (Wildman–Crippen LogP) is 2.59. The molecule has 2 rings (SSSR count). The maximum Gasteiger partial charge on any atom is 0.265 e. The number of benzene rings is 1. The van der Waals surface area contributed by atoms with Crippen LogP contribution in [0.3, 0.4) is 0 Å². The molecule has 0 N–H and O–H groups in total. The van der Waals surface area contributed by atoms with Gasteiger partial charge in [0.25, 0.3) is 9.05 Å². The van der Waals surface area contributed by atoms with E-state index in [0.717, 1.165) is 0 Å². The molecule has 18 heavy (non-hydrogen) atoms. The molecule has 0 aliphatic carbocycles. The summed E-state index contributed by atoms with van der Waals surface area (Å²) in [5.41, 5.74) is 1.13. The topological polar surface area (TPSA) is 69.4 Å². The van der Waals surface area contributed by atoms with Crippen LogP contribution in [0, 0.1) is 6.92 Å². The molecule has 0 unspecified atom stereocenters. The Morgan fingerprint density at radius 3 is 2.61 bits per heavy atom. The third-order valence-corrected chi connectivity index (χ3v) is 3.68. The molecule has 0 aliphatic rings. The van der Waals surface area contributed by atoms with Crippen molar-refractivity contribution in [1.29, 1.82) is 0 Å². The highest BCUT2D eigenvalue weighted by Gasteiger charge is 2.18. The fourth-order valence-corrected chi connectivity index (χ4v) is 2.54. The lowest BCUT2D eigenvalue weighted by molar-refractivity contribution is 0.403. The van der Waals surface area contributed by atoms with Crippen LogP contribution in [0.4, 0.5) is 0 Å². The van der Waals surface area contributed by atoms with Crippen molar-refractivity contribution >= 4 is 19.7 Å². The summed E-state index contributed by atoms with van der Waals surface area (Å²) in [7, 11) is 2.85. The van der Waals surface area contributed by atoms with E-state index in [1.807, 2.05) is 0 Å². The average Bonchev–Trinajstić information content (AvgIpc) is 2.74. The SMILES string of the molecule is COc1ccc(-c2coc(C)n2)cc1S(=O)(=O)Cl. The Bertz CT molecular complexity index is 678. The Balaban J connectivity index is 2.60. The second-order valence-corrected chi connectivity index (χ2v) is 6.09. The number of aromatic nitrogens is 1. The summed E-state index contributed by atoms with van der Waals surface area (Å²) in [6.45, 7) is 1.70.